The van der Waals surface area contributed by atoms with E-state index in [4.69, 9.17) is 27.9 Å². The number of methoxy groups -OCH3 is 1. The lowest BCUT2D eigenvalue weighted by molar-refractivity contribution is -0.140. The highest BCUT2D eigenvalue weighted by Crippen LogP contribution is 2.26. The van der Waals surface area contributed by atoms with E-state index in [2.05, 4.69) is 5.32 Å². The van der Waals surface area contributed by atoms with Crippen LogP contribution in [0.25, 0.3) is 0 Å². The van der Waals surface area contributed by atoms with Gasteiger partial charge in [-0.15, -0.1) is 0 Å². The van der Waals surface area contributed by atoms with Crippen LogP contribution in [0.15, 0.2) is 42.5 Å². The standard InChI is InChI=1S/C26H33Cl2N3O5S/c1-4-24(26(33)29-20-7-5-6-8-20)30(16-18-9-10-19(27)15-23(18)28)25(32)17-31(37(3,34)35)21-11-13-22(36-2)14-12-21/h9-15,20,24H,4-8,16-17H2,1-3H3,(H,29,33). The first-order chi connectivity index (χ1) is 17.5. The minimum Gasteiger partial charge on any atom is -0.497 e. The predicted octanol–water partition coefficient (Wildman–Crippen LogP) is 4.63. The molecule has 11 heteroatoms. The van der Waals surface area contributed by atoms with E-state index < -0.39 is 28.5 Å². The maximum atomic E-state index is 13.8. The SMILES string of the molecule is CCC(C(=O)NC1CCCC1)N(Cc1ccc(Cl)cc1Cl)C(=O)CN(c1ccc(OC)cc1)S(C)(=O)=O. The van der Waals surface area contributed by atoms with Gasteiger partial charge in [-0.3, -0.25) is 13.9 Å². The highest BCUT2D eigenvalue weighted by molar-refractivity contribution is 7.92. The molecule has 1 aliphatic carbocycles. The first kappa shape index (κ1) is 29.1. The van der Waals surface area contributed by atoms with Crippen LogP contribution in [-0.2, 0) is 26.2 Å². The van der Waals surface area contributed by atoms with Crippen molar-refractivity contribution in [3.8, 4) is 5.75 Å². The summed E-state index contributed by atoms with van der Waals surface area (Å²) in [5.74, 6) is -0.235. The number of nitrogens with zero attached hydrogens (tertiary/aromatic N) is 2. The van der Waals surface area contributed by atoms with Gasteiger partial charge in [-0.25, -0.2) is 8.42 Å². The van der Waals surface area contributed by atoms with Gasteiger partial charge in [-0.05, 0) is 61.2 Å². The van der Waals surface area contributed by atoms with Crippen molar-refractivity contribution >= 4 is 50.7 Å². The Kier molecular flexibility index (Phi) is 10.1. The number of halogens is 2. The van der Waals surface area contributed by atoms with Crippen LogP contribution < -0.4 is 14.4 Å². The molecule has 1 saturated carbocycles. The number of anilines is 1. The lowest BCUT2D eigenvalue weighted by atomic mass is 10.1. The average Bonchev–Trinajstić information content (AvgIpc) is 3.36. The molecule has 0 aliphatic heterocycles. The third-order valence-electron chi connectivity index (χ3n) is 6.48. The Morgan fingerprint density at radius 2 is 1.76 bits per heavy atom. The maximum Gasteiger partial charge on any atom is 0.244 e. The first-order valence-electron chi connectivity index (χ1n) is 12.2. The summed E-state index contributed by atoms with van der Waals surface area (Å²) in [6.07, 6.45) is 5.29. The summed E-state index contributed by atoms with van der Waals surface area (Å²) in [7, 11) is -2.32. The molecule has 2 aromatic carbocycles. The predicted molar refractivity (Wildman–Crippen MR) is 147 cm³/mol. The molecule has 0 bridgehead atoms. The van der Waals surface area contributed by atoms with E-state index in [9.17, 15) is 18.0 Å². The van der Waals surface area contributed by atoms with E-state index in [1.807, 2.05) is 6.92 Å². The van der Waals surface area contributed by atoms with Gasteiger partial charge in [0.15, 0.2) is 0 Å². The molecule has 8 nitrogen and oxygen atoms in total. The summed E-state index contributed by atoms with van der Waals surface area (Å²) in [5.41, 5.74) is 0.909. The summed E-state index contributed by atoms with van der Waals surface area (Å²) in [6.45, 7) is 1.36. The van der Waals surface area contributed by atoms with E-state index in [0.717, 1.165) is 36.2 Å². The van der Waals surface area contributed by atoms with Crippen LogP contribution >= 0.6 is 23.2 Å². The summed E-state index contributed by atoms with van der Waals surface area (Å²) in [5, 5.41) is 3.87. The molecular formula is C26H33Cl2N3O5S. The molecule has 0 spiro atoms. The largest absolute Gasteiger partial charge is 0.497 e. The molecular weight excluding hydrogens is 537 g/mol. The fourth-order valence-electron chi connectivity index (χ4n) is 4.48. The summed E-state index contributed by atoms with van der Waals surface area (Å²) in [6, 6.07) is 10.6. The van der Waals surface area contributed by atoms with Gasteiger partial charge in [0.1, 0.15) is 18.3 Å². The Morgan fingerprint density at radius 3 is 2.30 bits per heavy atom. The van der Waals surface area contributed by atoms with Crippen molar-refractivity contribution < 1.29 is 22.7 Å². The second-order valence-corrected chi connectivity index (χ2v) is 11.9. The molecule has 2 amide bonds. The molecule has 3 rings (SSSR count). The zero-order chi connectivity index (χ0) is 27.2. The van der Waals surface area contributed by atoms with Gasteiger partial charge in [0.05, 0.1) is 19.1 Å². The van der Waals surface area contributed by atoms with Gasteiger partial charge >= 0.3 is 0 Å². The highest BCUT2D eigenvalue weighted by Gasteiger charge is 2.33. The number of ether oxygens (including phenoxy) is 1. The van der Waals surface area contributed by atoms with E-state index in [1.165, 1.54) is 12.0 Å². The number of sulfonamides is 1. The summed E-state index contributed by atoms with van der Waals surface area (Å²) < 4.78 is 31.6. The molecule has 0 radical (unpaired) electrons. The van der Waals surface area contributed by atoms with Gasteiger partial charge in [0, 0.05) is 22.6 Å². The van der Waals surface area contributed by atoms with Crippen LogP contribution in [0.2, 0.25) is 10.0 Å². The van der Waals surface area contributed by atoms with E-state index in [-0.39, 0.29) is 18.5 Å². The van der Waals surface area contributed by atoms with Crippen LogP contribution in [0, 0.1) is 0 Å². The van der Waals surface area contributed by atoms with E-state index >= 15 is 0 Å². The fourth-order valence-corrected chi connectivity index (χ4v) is 5.80. The number of carbonyl (C=O) groups is 2. The molecule has 202 valence electrons. The quantitative estimate of drug-likeness (QED) is 0.425. The summed E-state index contributed by atoms with van der Waals surface area (Å²) in [4.78, 5) is 28.5. The molecule has 2 aromatic rings. The average molecular weight is 571 g/mol. The fraction of sp³-hybridized carbons (Fsp3) is 0.462. The zero-order valence-corrected chi connectivity index (χ0v) is 23.6. The van der Waals surface area contributed by atoms with Crippen LogP contribution in [0.1, 0.15) is 44.6 Å². The molecule has 1 atom stereocenters. The van der Waals surface area contributed by atoms with Gasteiger partial charge < -0.3 is 15.0 Å². The molecule has 0 aromatic heterocycles. The lowest BCUT2D eigenvalue weighted by Gasteiger charge is -2.33. The first-order valence-corrected chi connectivity index (χ1v) is 14.8. The van der Waals surface area contributed by atoms with E-state index in [1.54, 1.807) is 42.5 Å². The number of amides is 2. The Balaban J connectivity index is 1.94. The number of benzene rings is 2. The maximum absolute atomic E-state index is 13.8. The summed E-state index contributed by atoms with van der Waals surface area (Å²) >= 11 is 12.5. The normalized spacial score (nSPS) is 14.7. The third-order valence-corrected chi connectivity index (χ3v) is 8.21. The van der Waals surface area contributed by atoms with Crippen molar-refractivity contribution in [3.63, 3.8) is 0 Å². The van der Waals surface area contributed by atoms with Crippen LogP contribution in [0.4, 0.5) is 5.69 Å². The molecule has 0 heterocycles. The van der Waals surface area contributed by atoms with Crippen molar-refractivity contribution in [2.45, 2.75) is 57.7 Å². The molecule has 0 saturated heterocycles. The Morgan fingerprint density at radius 1 is 1.11 bits per heavy atom. The molecule has 1 N–H and O–H groups in total. The second kappa shape index (κ2) is 12.8. The number of rotatable bonds is 11. The molecule has 1 unspecified atom stereocenters. The smallest absolute Gasteiger partial charge is 0.244 e. The van der Waals surface area contributed by atoms with Crippen molar-refractivity contribution in [1.82, 2.24) is 10.2 Å². The Labute approximate surface area is 228 Å². The number of hydrogen-bond acceptors (Lipinski definition) is 5. The number of hydrogen-bond donors (Lipinski definition) is 1. The van der Waals surface area contributed by atoms with Crippen molar-refractivity contribution in [1.29, 1.82) is 0 Å². The number of nitrogens with one attached hydrogen (secondary N) is 1. The molecule has 37 heavy (non-hydrogen) atoms. The van der Waals surface area contributed by atoms with Crippen molar-refractivity contribution in [2.75, 3.05) is 24.2 Å². The van der Waals surface area contributed by atoms with Gasteiger partial charge in [-0.1, -0.05) is 49.0 Å². The monoisotopic (exact) mass is 569 g/mol. The van der Waals surface area contributed by atoms with Crippen LogP contribution in [-0.4, -0.2) is 57.1 Å². The third kappa shape index (κ3) is 7.75. The Bertz CT molecular complexity index is 1200. The van der Waals surface area contributed by atoms with E-state index in [0.29, 0.717) is 33.5 Å². The minimum absolute atomic E-state index is 0.0195. The van der Waals surface area contributed by atoms with Crippen molar-refractivity contribution in [2.24, 2.45) is 0 Å². The van der Waals surface area contributed by atoms with Crippen LogP contribution in [0.3, 0.4) is 0 Å². The van der Waals surface area contributed by atoms with Gasteiger partial charge in [0.25, 0.3) is 0 Å². The lowest BCUT2D eigenvalue weighted by Crippen LogP contribution is -2.53. The Hall–Kier alpha value is -2.49. The molecule has 1 aliphatic rings. The van der Waals surface area contributed by atoms with Gasteiger partial charge in [-0.2, -0.15) is 0 Å². The highest BCUT2D eigenvalue weighted by atomic mass is 35.5. The second-order valence-electron chi connectivity index (χ2n) is 9.14. The van der Waals surface area contributed by atoms with Crippen LogP contribution in [0.5, 0.6) is 5.75 Å². The molecule has 1 fully saturated rings. The van der Waals surface area contributed by atoms with Crippen molar-refractivity contribution in [3.05, 3.63) is 58.1 Å². The van der Waals surface area contributed by atoms with Gasteiger partial charge in [0.2, 0.25) is 21.8 Å². The zero-order valence-electron chi connectivity index (χ0n) is 21.2. The minimum atomic E-state index is -3.82. The number of carbonyl (C=O) groups excluding carboxylic acids is 2. The topological polar surface area (TPSA) is 96.0 Å².